The van der Waals surface area contributed by atoms with Gasteiger partial charge in [-0.3, -0.25) is 9.69 Å². The minimum absolute atomic E-state index is 0.154. The molecule has 1 heterocycles. The fraction of sp³-hybridized carbons (Fsp3) is 0.500. The van der Waals surface area contributed by atoms with Crippen LogP contribution in [0.2, 0.25) is 0 Å². The van der Waals surface area contributed by atoms with Gasteiger partial charge in [-0.15, -0.1) is 0 Å². The first-order valence-electron chi connectivity index (χ1n) is 7.04. The average Bonchev–Trinajstić information content (AvgIpc) is 2.46. The second kappa shape index (κ2) is 6.72. The number of Topliss-reactive ketones (excluding diaryl/α,β-unsaturated/α-hetero) is 1. The SMILES string of the molecule is COCC1(C)CC(=O)CCN1C(=O)OCc1ccccc1. The molecule has 0 spiro atoms. The van der Waals surface area contributed by atoms with Crippen LogP contribution in [0.3, 0.4) is 0 Å². The smallest absolute Gasteiger partial charge is 0.410 e. The highest BCUT2D eigenvalue weighted by Crippen LogP contribution is 2.27. The van der Waals surface area contributed by atoms with E-state index in [0.717, 1.165) is 5.56 Å². The summed E-state index contributed by atoms with van der Waals surface area (Å²) in [5, 5.41) is 0. The van der Waals surface area contributed by atoms with Crippen molar-refractivity contribution in [2.75, 3.05) is 20.3 Å². The molecule has 1 unspecified atom stereocenters. The van der Waals surface area contributed by atoms with Crippen LogP contribution in [0.5, 0.6) is 0 Å². The lowest BCUT2D eigenvalue weighted by atomic mass is 9.89. The molecule has 0 aromatic heterocycles. The minimum Gasteiger partial charge on any atom is -0.445 e. The number of rotatable bonds is 4. The molecular formula is C16H21NO4. The Labute approximate surface area is 124 Å². The number of benzene rings is 1. The third kappa shape index (κ3) is 3.82. The lowest BCUT2D eigenvalue weighted by molar-refractivity contribution is -0.127. The van der Waals surface area contributed by atoms with Crippen LogP contribution in [0.25, 0.3) is 0 Å². The number of likely N-dealkylation sites (tertiary alicyclic amines) is 1. The van der Waals surface area contributed by atoms with Crippen LogP contribution >= 0.6 is 0 Å². The van der Waals surface area contributed by atoms with E-state index in [4.69, 9.17) is 9.47 Å². The number of methoxy groups -OCH3 is 1. The van der Waals surface area contributed by atoms with E-state index in [9.17, 15) is 9.59 Å². The van der Waals surface area contributed by atoms with E-state index in [1.807, 2.05) is 37.3 Å². The van der Waals surface area contributed by atoms with E-state index >= 15 is 0 Å². The first-order valence-corrected chi connectivity index (χ1v) is 7.04. The maximum Gasteiger partial charge on any atom is 0.410 e. The lowest BCUT2D eigenvalue weighted by Gasteiger charge is -2.42. The van der Waals surface area contributed by atoms with Gasteiger partial charge in [0.2, 0.25) is 0 Å². The Hall–Kier alpha value is -1.88. The maximum absolute atomic E-state index is 12.3. The van der Waals surface area contributed by atoms with Crippen LogP contribution in [0.1, 0.15) is 25.3 Å². The van der Waals surface area contributed by atoms with E-state index < -0.39 is 11.6 Å². The zero-order chi connectivity index (χ0) is 15.3. The summed E-state index contributed by atoms with van der Waals surface area (Å²) in [7, 11) is 1.57. The van der Waals surface area contributed by atoms with Gasteiger partial charge in [0.1, 0.15) is 12.4 Å². The summed E-state index contributed by atoms with van der Waals surface area (Å²) in [5.41, 5.74) is 0.310. The normalized spacial score (nSPS) is 22.2. The zero-order valence-corrected chi connectivity index (χ0v) is 12.5. The minimum atomic E-state index is -0.627. The van der Waals surface area contributed by atoms with Crippen molar-refractivity contribution in [1.29, 1.82) is 0 Å². The van der Waals surface area contributed by atoms with E-state index in [1.54, 1.807) is 12.0 Å². The average molecular weight is 291 g/mol. The Morgan fingerprint density at radius 3 is 2.71 bits per heavy atom. The molecule has 0 N–H and O–H groups in total. The molecule has 1 fully saturated rings. The number of nitrogens with zero attached hydrogens (tertiary/aromatic N) is 1. The van der Waals surface area contributed by atoms with Crippen LogP contribution in [0.4, 0.5) is 4.79 Å². The van der Waals surface area contributed by atoms with Crippen LogP contribution in [0, 0.1) is 0 Å². The number of ether oxygens (including phenoxy) is 2. The summed E-state index contributed by atoms with van der Waals surface area (Å²) in [5.74, 6) is 0.154. The number of piperidine rings is 1. The van der Waals surface area contributed by atoms with Crippen LogP contribution in [-0.4, -0.2) is 42.6 Å². The van der Waals surface area contributed by atoms with Crippen molar-refractivity contribution in [3.05, 3.63) is 35.9 Å². The molecule has 21 heavy (non-hydrogen) atoms. The predicted molar refractivity (Wildman–Crippen MR) is 77.9 cm³/mol. The number of amides is 1. The molecule has 0 saturated carbocycles. The molecule has 1 amide bonds. The van der Waals surface area contributed by atoms with E-state index in [1.165, 1.54) is 0 Å². The third-order valence-corrected chi connectivity index (χ3v) is 3.72. The topological polar surface area (TPSA) is 55.8 Å². The highest BCUT2D eigenvalue weighted by molar-refractivity contribution is 5.83. The second-order valence-electron chi connectivity index (χ2n) is 5.59. The molecule has 5 nitrogen and oxygen atoms in total. The first kappa shape index (κ1) is 15.5. The molecule has 2 rings (SSSR count). The van der Waals surface area contributed by atoms with Crippen LogP contribution in [-0.2, 0) is 20.9 Å². The lowest BCUT2D eigenvalue weighted by Crippen LogP contribution is -2.57. The van der Waals surface area contributed by atoms with Gasteiger partial charge < -0.3 is 9.47 Å². The van der Waals surface area contributed by atoms with Gasteiger partial charge in [0, 0.05) is 26.5 Å². The van der Waals surface area contributed by atoms with Gasteiger partial charge in [-0.05, 0) is 12.5 Å². The number of carbonyl (C=O) groups is 2. The van der Waals surface area contributed by atoms with Gasteiger partial charge in [0.25, 0.3) is 0 Å². The molecule has 5 heteroatoms. The molecular weight excluding hydrogens is 270 g/mol. The molecule has 0 bridgehead atoms. The van der Waals surface area contributed by atoms with Crippen LogP contribution < -0.4 is 0 Å². The predicted octanol–water partition coefficient (Wildman–Crippen LogP) is 2.39. The summed E-state index contributed by atoms with van der Waals surface area (Å²) >= 11 is 0. The van der Waals surface area contributed by atoms with Gasteiger partial charge in [0.05, 0.1) is 12.1 Å². The van der Waals surface area contributed by atoms with E-state index in [0.29, 0.717) is 26.0 Å². The van der Waals surface area contributed by atoms with Crippen molar-refractivity contribution >= 4 is 11.9 Å². The fourth-order valence-corrected chi connectivity index (χ4v) is 2.66. The first-order chi connectivity index (χ1) is 10.0. The summed E-state index contributed by atoms with van der Waals surface area (Å²) < 4.78 is 10.5. The molecule has 0 radical (unpaired) electrons. The van der Waals surface area contributed by atoms with Crippen molar-refractivity contribution in [3.63, 3.8) is 0 Å². The van der Waals surface area contributed by atoms with Crippen molar-refractivity contribution in [2.24, 2.45) is 0 Å². The molecule has 114 valence electrons. The van der Waals surface area contributed by atoms with Crippen LogP contribution in [0.15, 0.2) is 30.3 Å². The number of ketones is 1. The van der Waals surface area contributed by atoms with Crippen molar-refractivity contribution in [2.45, 2.75) is 31.9 Å². The molecule has 1 aromatic rings. The van der Waals surface area contributed by atoms with Crippen molar-refractivity contribution < 1.29 is 19.1 Å². The van der Waals surface area contributed by atoms with Gasteiger partial charge in [-0.25, -0.2) is 4.79 Å². The van der Waals surface area contributed by atoms with Gasteiger partial charge in [0.15, 0.2) is 0 Å². The van der Waals surface area contributed by atoms with Gasteiger partial charge >= 0.3 is 6.09 Å². The third-order valence-electron chi connectivity index (χ3n) is 3.72. The number of hydrogen-bond acceptors (Lipinski definition) is 4. The summed E-state index contributed by atoms with van der Waals surface area (Å²) in [6.07, 6.45) is 0.284. The Balaban J connectivity index is 2.00. The Morgan fingerprint density at radius 2 is 2.05 bits per heavy atom. The second-order valence-corrected chi connectivity index (χ2v) is 5.59. The summed E-state index contributed by atoms with van der Waals surface area (Å²) in [6, 6.07) is 9.52. The maximum atomic E-state index is 12.3. The van der Waals surface area contributed by atoms with E-state index in [2.05, 4.69) is 0 Å². The van der Waals surface area contributed by atoms with Crippen molar-refractivity contribution in [3.8, 4) is 0 Å². The Kier molecular flexibility index (Phi) is 4.96. The van der Waals surface area contributed by atoms with Gasteiger partial charge in [-0.1, -0.05) is 30.3 Å². The molecule has 1 aliphatic rings. The number of hydrogen-bond donors (Lipinski definition) is 0. The monoisotopic (exact) mass is 291 g/mol. The number of carbonyl (C=O) groups excluding carboxylic acids is 2. The van der Waals surface area contributed by atoms with Gasteiger partial charge in [-0.2, -0.15) is 0 Å². The largest absolute Gasteiger partial charge is 0.445 e. The van der Waals surface area contributed by atoms with Crippen molar-refractivity contribution in [1.82, 2.24) is 4.90 Å². The molecule has 1 aromatic carbocycles. The quantitative estimate of drug-likeness (QED) is 0.854. The molecule has 1 aliphatic heterocycles. The molecule has 1 atom stereocenters. The van der Waals surface area contributed by atoms with E-state index in [-0.39, 0.29) is 12.4 Å². The standard InChI is InChI=1S/C16H21NO4/c1-16(12-20-2)10-14(18)8-9-17(16)15(19)21-11-13-6-4-3-5-7-13/h3-7H,8-12H2,1-2H3. The Morgan fingerprint density at radius 1 is 1.33 bits per heavy atom. The summed E-state index contributed by atoms with van der Waals surface area (Å²) in [4.78, 5) is 25.6. The highest BCUT2D eigenvalue weighted by atomic mass is 16.6. The zero-order valence-electron chi connectivity index (χ0n) is 12.5. The molecule has 1 saturated heterocycles. The fourth-order valence-electron chi connectivity index (χ4n) is 2.66. The highest BCUT2D eigenvalue weighted by Gasteiger charge is 2.41. The molecule has 0 aliphatic carbocycles. The Bertz CT molecular complexity index is 502. The summed E-state index contributed by atoms with van der Waals surface area (Å²) in [6.45, 7) is 2.79.